The maximum Gasteiger partial charge on any atom is 0.408 e. The Balaban J connectivity index is 2.74. The lowest BCUT2D eigenvalue weighted by atomic mass is 10.2. The normalized spacial score (nSPS) is 12.6. The highest BCUT2D eigenvalue weighted by Crippen LogP contribution is 2.22. The van der Waals surface area contributed by atoms with Crippen LogP contribution in [-0.2, 0) is 0 Å². The molecule has 0 atom stereocenters. The lowest BCUT2D eigenvalue weighted by Crippen LogP contribution is -2.25. The summed E-state index contributed by atoms with van der Waals surface area (Å²) in [6.07, 6.45) is -4.37. The molecule has 3 N–H and O–H groups in total. The average molecular weight is 266 g/mol. The second-order valence-electron chi connectivity index (χ2n) is 3.35. The van der Waals surface area contributed by atoms with E-state index in [0.717, 1.165) is 0 Å². The minimum absolute atomic E-state index is 0.298. The molecule has 0 radical (unpaired) electrons. The number of anilines is 1. The second-order valence-corrected chi connectivity index (χ2v) is 3.76. The molecule has 0 heterocycles. The summed E-state index contributed by atoms with van der Waals surface area (Å²) in [4.78, 5) is 3.18. The lowest BCUT2D eigenvalue weighted by molar-refractivity contribution is -0.118. The third kappa shape index (κ3) is 4.52. The Kier molecular flexibility index (Phi) is 4.22. The monoisotopic (exact) mass is 265 g/mol. The molecule has 7 heteroatoms. The van der Waals surface area contributed by atoms with Crippen LogP contribution in [0.4, 0.5) is 18.9 Å². The number of aliphatic imine (C=N–C) groups is 1. The third-order valence-corrected chi connectivity index (χ3v) is 2.37. The van der Waals surface area contributed by atoms with E-state index in [1.54, 1.807) is 25.1 Å². The first-order valence-corrected chi connectivity index (χ1v) is 5.06. The van der Waals surface area contributed by atoms with Crippen molar-refractivity contribution < 1.29 is 13.2 Å². The second kappa shape index (κ2) is 5.27. The average Bonchev–Trinajstić information content (AvgIpc) is 2.21. The number of guanidine groups is 1. The summed E-state index contributed by atoms with van der Waals surface area (Å²) < 4.78 is 35.7. The van der Waals surface area contributed by atoms with Crippen molar-refractivity contribution in [2.24, 2.45) is 10.7 Å². The summed E-state index contributed by atoms with van der Waals surface area (Å²) in [6, 6.07) is 4.98. The Bertz CT molecular complexity index is 429. The number of rotatable bonds is 2. The summed E-state index contributed by atoms with van der Waals surface area (Å²) in [7, 11) is 0. The number of alkyl halides is 3. The molecule has 0 unspecified atom stereocenters. The number of benzene rings is 1. The molecule has 1 aromatic rings. The molecule has 0 saturated carbocycles. The molecule has 0 aliphatic rings. The van der Waals surface area contributed by atoms with Crippen LogP contribution in [0.5, 0.6) is 0 Å². The lowest BCUT2D eigenvalue weighted by Gasteiger charge is -2.10. The molecular weight excluding hydrogens is 255 g/mol. The van der Waals surface area contributed by atoms with Crippen molar-refractivity contribution in [3.8, 4) is 0 Å². The zero-order valence-corrected chi connectivity index (χ0v) is 9.73. The Morgan fingerprint density at radius 3 is 2.71 bits per heavy atom. The van der Waals surface area contributed by atoms with E-state index in [4.69, 9.17) is 17.3 Å². The van der Waals surface area contributed by atoms with Crippen molar-refractivity contribution in [2.75, 3.05) is 11.9 Å². The maximum absolute atomic E-state index is 11.9. The van der Waals surface area contributed by atoms with Crippen LogP contribution in [0, 0.1) is 6.92 Å². The summed E-state index contributed by atoms with van der Waals surface area (Å²) in [5.41, 5.74) is 6.55. The van der Waals surface area contributed by atoms with E-state index in [1.165, 1.54) is 0 Å². The largest absolute Gasteiger partial charge is 0.408 e. The van der Waals surface area contributed by atoms with Crippen molar-refractivity contribution >= 4 is 23.2 Å². The first-order chi connectivity index (χ1) is 7.79. The molecule has 0 aliphatic heterocycles. The SMILES string of the molecule is Cc1c(Cl)cccc1NC(N)=NCC(F)(F)F. The number of nitrogens with two attached hydrogens (primary N) is 1. The van der Waals surface area contributed by atoms with Gasteiger partial charge >= 0.3 is 6.18 Å². The Morgan fingerprint density at radius 1 is 1.47 bits per heavy atom. The van der Waals surface area contributed by atoms with Gasteiger partial charge in [-0.3, -0.25) is 0 Å². The first kappa shape index (κ1) is 13.6. The number of nitrogens with zero attached hydrogens (tertiary/aromatic N) is 1. The molecule has 3 nitrogen and oxygen atoms in total. The minimum atomic E-state index is -4.37. The fourth-order valence-electron chi connectivity index (χ4n) is 1.10. The Hall–Kier alpha value is -1.43. The van der Waals surface area contributed by atoms with Gasteiger partial charge < -0.3 is 11.1 Å². The first-order valence-electron chi connectivity index (χ1n) is 4.68. The van der Waals surface area contributed by atoms with Gasteiger partial charge in [0.15, 0.2) is 5.96 Å². The predicted octanol–water partition coefficient (Wildman–Crippen LogP) is 2.94. The molecule has 1 rings (SSSR count). The van der Waals surface area contributed by atoms with E-state index in [-0.39, 0.29) is 5.96 Å². The van der Waals surface area contributed by atoms with Gasteiger partial charge in [-0.25, -0.2) is 4.99 Å². The van der Waals surface area contributed by atoms with Crippen molar-refractivity contribution in [1.82, 2.24) is 0 Å². The van der Waals surface area contributed by atoms with E-state index in [0.29, 0.717) is 16.3 Å². The Labute approximate surface area is 101 Å². The van der Waals surface area contributed by atoms with Crippen LogP contribution >= 0.6 is 11.6 Å². The van der Waals surface area contributed by atoms with E-state index >= 15 is 0 Å². The zero-order valence-electron chi connectivity index (χ0n) is 8.98. The summed E-state index contributed by atoms with van der Waals surface area (Å²) in [5.74, 6) is -0.298. The van der Waals surface area contributed by atoms with E-state index in [9.17, 15) is 13.2 Å². The molecule has 0 bridgehead atoms. The van der Waals surface area contributed by atoms with Crippen LogP contribution in [0.15, 0.2) is 23.2 Å². The van der Waals surface area contributed by atoms with Gasteiger partial charge in [0, 0.05) is 10.7 Å². The molecule has 0 aliphatic carbocycles. The molecule has 0 saturated heterocycles. The summed E-state index contributed by atoms with van der Waals surface area (Å²) in [5, 5.41) is 3.07. The van der Waals surface area contributed by atoms with Crippen LogP contribution in [0.1, 0.15) is 5.56 Å². The zero-order chi connectivity index (χ0) is 13.1. The van der Waals surface area contributed by atoms with Gasteiger partial charge in [0.05, 0.1) is 0 Å². The van der Waals surface area contributed by atoms with Crippen LogP contribution in [0.2, 0.25) is 5.02 Å². The predicted molar refractivity (Wildman–Crippen MR) is 62.4 cm³/mol. The van der Waals surface area contributed by atoms with Gasteiger partial charge in [-0.05, 0) is 24.6 Å². The van der Waals surface area contributed by atoms with Gasteiger partial charge in [0.25, 0.3) is 0 Å². The minimum Gasteiger partial charge on any atom is -0.370 e. The van der Waals surface area contributed by atoms with Gasteiger partial charge in [-0.2, -0.15) is 13.2 Å². The number of halogens is 4. The molecular formula is C10H11ClF3N3. The van der Waals surface area contributed by atoms with E-state index in [1.807, 2.05) is 0 Å². The van der Waals surface area contributed by atoms with Crippen LogP contribution in [-0.4, -0.2) is 18.7 Å². The molecule has 0 aromatic heterocycles. The molecule has 0 fully saturated rings. The van der Waals surface area contributed by atoms with Crippen LogP contribution in [0.25, 0.3) is 0 Å². The van der Waals surface area contributed by atoms with E-state index < -0.39 is 12.7 Å². The third-order valence-electron chi connectivity index (χ3n) is 1.96. The highest BCUT2D eigenvalue weighted by Gasteiger charge is 2.26. The molecule has 1 aromatic carbocycles. The number of hydrogen-bond acceptors (Lipinski definition) is 1. The van der Waals surface area contributed by atoms with Crippen molar-refractivity contribution in [3.63, 3.8) is 0 Å². The van der Waals surface area contributed by atoms with Crippen LogP contribution in [0.3, 0.4) is 0 Å². The van der Waals surface area contributed by atoms with Gasteiger partial charge in [0.1, 0.15) is 6.54 Å². The van der Waals surface area contributed by atoms with E-state index in [2.05, 4.69) is 10.3 Å². The fraction of sp³-hybridized carbons (Fsp3) is 0.300. The highest BCUT2D eigenvalue weighted by molar-refractivity contribution is 6.31. The standard InChI is InChI=1S/C10H11ClF3N3/c1-6-7(11)3-2-4-8(6)17-9(15)16-5-10(12,13)14/h2-4H,5H2,1H3,(H3,15,16,17). The molecule has 0 amide bonds. The molecule has 94 valence electrons. The summed E-state index contributed by atoms with van der Waals surface area (Å²) in [6.45, 7) is 0.410. The Morgan fingerprint density at radius 2 is 2.12 bits per heavy atom. The van der Waals surface area contributed by atoms with Crippen LogP contribution < -0.4 is 11.1 Å². The number of nitrogens with one attached hydrogen (secondary N) is 1. The van der Waals surface area contributed by atoms with Crippen molar-refractivity contribution in [2.45, 2.75) is 13.1 Å². The quantitative estimate of drug-likeness (QED) is 0.638. The summed E-state index contributed by atoms with van der Waals surface area (Å²) >= 11 is 5.85. The number of hydrogen-bond donors (Lipinski definition) is 2. The van der Waals surface area contributed by atoms with Crippen molar-refractivity contribution in [3.05, 3.63) is 28.8 Å². The maximum atomic E-state index is 11.9. The smallest absolute Gasteiger partial charge is 0.370 e. The van der Waals surface area contributed by atoms with Gasteiger partial charge in [-0.15, -0.1) is 0 Å². The van der Waals surface area contributed by atoms with Crippen molar-refractivity contribution in [1.29, 1.82) is 0 Å². The fourth-order valence-corrected chi connectivity index (χ4v) is 1.27. The highest BCUT2D eigenvalue weighted by atomic mass is 35.5. The van der Waals surface area contributed by atoms with Gasteiger partial charge in [0.2, 0.25) is 0 Å². The topological polar surface area (TPSA) is 50.4 Å². The molecule has 0 spiro atoms. The molecule has 17 heavy (non-hydrogen) atoms. The van der Waals surface area contributed by atoms with Gasteiger partial charge in [-0.1, -0.05) is 17.7 Å².